The van der Waals surface area contributed by atoms with Crippen molar-refractivity contribution < 1.29 is 9.90 Å². The maximum Gasteiger partial charge on any atom is 0.165 e. The number of hydrogen-bond acceptors (Lipinski definition) is 4. The average molecular weight is 340 g/mol. The van der Waals surface area contributed by atoms with Crippen molar-refractivity contribution in [3.05, 3.63) is 66.0 Å². The van der Waals surface area contributed by atoms with E-state index < -0.39 is 0 Å². The molecule has 26 heavy (non-hydrogen) atoms. The summed E-state index contributed by atoms with van der Waals surface area (Å²) in [5.41, 5.74) is 4.98. The third-order valence-corrected chi connectivity index (χ3v) is 5.04. The van der Waals surface area contributed by atoms with Gasteiger partial charge in [0.2, 0.25) is 0 Å². The smallest absolute Gasteiger partial charge is 0.165 e. The third-order valence-electron chi connectivity index (χ3n) is 5.04. The van der Waals surface area contributed by atoms with Gasteiger partial charge in [-0.15, -0.1) is 0 Å². The standard InChI is InChI=1S/C22H16N2O2/c25-14-5-1-4-13(12-14)20-21-15-6-3-11-23-16(15)9-10-18(21)24-17-7-2-8-19(26)22(17)20/h1,3-6,9-12,25H,2,7-8H2. The van der Waals surface area contributed by atoms with E-state index in [-0.39, 0.29) is 11.5 Å². The molecule has 2 aromatic carbocycles. The molecule has 2 heterocycles. The fraction of sp³-hybridized carbons (Fsp3) is 0.136. The van der Waals surface area contributed by atoms with Crippen LogP contribution in [0, 0.1) is 0 Å². The van der Waals surface area contributed by atoms with Crippen LogP contribution >= 0.6 is 0 Å². The Morgan fingerprint density at radius 3 is 2.69 bits per heavy atom. The van der Waals surface area contributed by atoms with Gasteiger partial charge in [0.1, 0.15) is 5.75 Å². The molecule has 1 aliphatic carbocycles. The highest BCUT2D eigenvalue weighted by Gasteiger charge is 2.26. The Balaban J connectivity index is 2.03. The Morgan fingerprint density at radius 2 is 1.81 bits per heavy atom. The highest BCUT2D eigenvalue weighted by Crippen LogP contribution is 2.40. The van der Waals surface area contributed by atoms with Gasteiger partial charge in [-0.05, 0) is 48.7 Å². The molecular formula is C22H16N2O2. The van der Waals surface area contributed by atoms with Crippen molar-refractivity contribution in [1.29, 1.82) is 0 Å². The molecule has 126 valence electrons. The number of aromatic nitrogens is 2. The minimum Gasteiger partial charge on any atom is -0.508 e. The fourth-order valence-corrected chi connectivity index (χ4v) is 3.94. The maximum atomic E-state index is 12.8. The predicted octanol–water partition coefficient (Wildman–Crippen LogP) is 4.67. The van der Waals surface area contributed by atoms with E-state index in [1.165, 1.54) is 0 Å². The van der Waals surface area contributed by atoms with E-state index in [0.717, 1.165) is 51.5 Å². The van der Waals surface area contributed by atoms with Crippen LogP contribution in [0.5, 0.6) is 5.75 Å². The molecule has 0 spiro atoms. The van der Waals surface area contributed by atoms with Gasteiger partial charge in [-0.2, -0.15) is 0 Å². The number of carbonyl (C=O) groups excluding carboxylic acids is 1. The maximum absolute atomic E-state index is 12.8. The van der Waals surface area contributed by atoms with Gasteiger partial charge >= 0.3 is 0 Å². The average Bonchev–Trinajstić information content (AvgIpc) is 2.66. The molecule has 5 rings (SSSR count). The number of rotatable bonds is 1. The fourth-order valence-electron chi connectivity index (χ4n) is 3.94. The van der Waals surface area contributed by atoms with Crippen molar-refractivity contribution in [3.8, 4) is 16.9 Å². The van der Waals surface area contributed by atoms with Crippen LogP contribution < -0.4 is 0 Å². The van der Waals surface area contributed by atoms with Gasteiger partial charge in [-0.3, -0.25) is 14.8 Å². The quantitative estimate of drug-likeness (QED) is 0.511. The van der Waals surface area contributed by atoms with Gasteiger partial charge in [0.15, 0.2) is 5.78 Å². The van der Waals surface area contributed by atoms with Gasteiger partial charge in [-0.1, -0.05) is 18.2 Å². The number of pyridine rings is 2. The third kappa shape index (κ3) is 2.19. The number of aromatic hydroxyl groups is 1. The van der Waals surface area contributed by atoms with Crippen molar-refractivity contribution in [1.82, 2.24) is 9.97 Å². The van der Waals surface area contributed by atoms with Crippen molar-refractivity contribution in [3.63, 3.8) is 0 Å². The Bertz CT molecular complexity index is 1200. The predicted molar refractivity (Wildman–Crippen MR) is 101 cm³/mol. The lowest BCUT2D eigenvalue weighted by molar-refractivity contribution is 0.0972. The first-order chi connectivity index (χ1) is 12.7. The molecule has 0 amide bonds. The molecule has 1 N–H and O–H groups in total. The number of hydrogen-bond donors (Lipinski definition) is 1. The molecule has 0 radical (unpaired) electrons. The molecule has 4 aromatic rings. The Kier molecular flexibility index (Phi) is 3.25. The molecule has 4 heteroatoms. The first kappa shape index (κ1) is 15.0. The zero-order chi connectivity index (χ0) is 17.7. The van der Waals surface area contributed by atoms with E-state index in [0.29, 0.717) is 12.0 Å². The van der Waals surface area contributed by atoms with Crippen LogP contribution in [0.25, 0.3) is 32.9 Å². The van der Waals surface area contributed by atoms with Gasteiger partial charge < -0.3 is 5.11 Å². The topological polar surface area (TPSA) is 63.1 Å². The summed E-state index contributed by atoms with van der Waals surface area (Å²) in [7, 11) is 0. The van der Waals surface area contributed by atoms with Gasteiger partial charge in [0.25, 0.3) is 0 Å². The molecule has 0 atom stereocenters. The minimum absolute atomic E-state index is 0.125. The molecule has 2 aromatic heterocycles. The summed E-state index contributed by atoms with van der Waals surface area (Å²) in [6.45, 7) is 0. The first-order valence-corrected chi connectivity index (χ1v) is 8.75. The molecule has 0 fully saturated rings. The molecule has 1 aliphatic rings. The summed E-state index contributed by atoms with van der Waals surface area (Å²) < 4.78 is 0. The summed E-state index contributed by atoms with van der Waals surface area (Å²) in [6, 6.07) is 14.9. The molecule has 0 saturated heterocycles. The second-order valence-corrected chi connectivity index (χ2v) is 6.67. The van der Waals surface area contributed by atoms with Crippen LogP contribution in [0.4, 0.5) is 0 Å². The van der Waals surface area contributed by atoms with Crippen molar-refractivity contribution in [2.24, 2.45) is 0 Å². The van der Waals surface area contributed by atoms with Gasteiger partial charge in [-0.25, -0.2) is 0 Å². The monoisotopic (exact) mass is 340 g/mol. The van der Waals surface area contributed by atoms with Gasteiger partial charge in [0, 0.05) is 34.5 Å². The molecule has 0 unspecified atom stereocenters. The SMILES string of the molecule is O=C1CCCc2nc3ccc4ncccc4c3c(-c3cccc(O)c3)c21. The number of Topliss-reactive ketones (excluding diaryl/α,β-unsaturated/α-hetero) is 1. The summed E-state index contributed by atoms with van der Waals surface area (Å²) >= 11 is 0. The number of ketones is 1. The summed E-state index contributed by atoms with van der Waals surface area (Å²) in [5.74, 6) is 0.308. The normalized spacial score (nSPS) is 13.9. The van der Waals surface area contributed by atoms with E-state index in [4.69, 9.17) is 4.98 Å². The van der Waals surface area contributed by atoms with Gasteiger partial charge in [0.05, 0.1) is 16.7 Å². The van der Waals surface area contributed by atoms with E-state index in [1.807, 2.05) is 30.3 Å². The van der Waals surface area contributed by atoms with E-state index in [1.54, 1.807) is 24.4 Å². The van der Waals surface area contributed by atoms with Crippen molar-refractivity contribution in [2.45, 2.75) is 19.3 Å². The molecule has 0 bridgehead atoms. The number of phenolic OH excluding ortho intramolecular Hbond substituents is 1. The van der Waals surface area contributed by atoms with Crippen LogP contribution in [0.2, 0.25) is 0 Å². The van der Waals surface area contributed by atoms with Crippen LogP contribution in [-0.4, -0.2) is 20.9 Å². The number of carbonyl (C=O) groups is 1. The van der Waals surface area contributed by atoms with E-state index in [2.05, 4.69) is 4.98 Å². The summed E-state index contributed by atoms with van der Waals surface area (Å²) in [6.07, 6.45) is 3.93. The van der Waals surface area contributed by atoms with Crippen LogP contribution in [0.3, 0.4) is 0 Å². The van der Waals surface area contributed by atoms with Crippen LogP contribution in [-0.2, 0) is 6.42 Å². The molecule has 4 nitrogen and oxygen atoms in total. The second-order valence-electron chi connectivity index (χ2n) is 6.67. The van der Waals surface area contributed by atoms with E-state index >= 15 is 0 Å². The lowest BCUT2D eigenvalue weighted by Gasteiger charge is -2.21. The second kappa shape index (κ2) is 5.63. The largest absolute Gasteiger partial charge is 0.508 e. The minimum atomic E-state index is 0.125. The first-order valence-electron chi connectivity index (χ1n) is 8.75. The molecule has 0 aliphatic heterocycles. The Labute approximate surface area is 150 Å². The zero-order valence-electron chi connectivity index (χ0n) is 14.1. The lowest BCUT2D eigenvalue weighted by atomic mass is 9.85. The summed E-state index contributed by atoms with van der Waals surface area (Å²) in [5, 5.41) is 11.9. The van der Waals surface area contributed by atoms with Crippen LogP contribution in [0.1, 0.15) is 28.9 Å². The molecule has 0 saturated carbocycles. The number of benzene rings is 2. The van der Waals surface area contributed by atoms with Crippen LogP contribution in [0.15, 0.2) is 54.7 Å². The zero-order valence-corrected chi connectivity index (χ0v) is 14.1. The highest BCUT2D eigenvalue weighted by atomic mass is 16.3. The molecular weight excluding hydrogens is 324 g/mol. The summed E-state index contributed by atoms with van der Waals surface area (Å²) in [4.78, 5) is 22.1. The Morgan fingerprint density at radius 1 is 0.923 bits per heavy atom. The highest BCUT2D eigenvalue weighted by molar-refractivity contribution is 6.18. The lowest BCUT2D eigenvalue weighted by Crippen LogP contribution is -2.15. The Hall–Kier alpha value is -3.27. The number of phenols is 1. The number of fused-ring (bicyclic) bond motifs is 4. The number of nitrogens with zero attached hydrogens (tertiary/aromatic N) is 2. The number of aryl methyl sites for hydroxylation is 1. The van der Waals surface area contributed by atoms with Crippen molar-refractivity contribution in [2.75, 3.05) is 0 Å². The van der Waals surface area contributed by atoms with Crippen molar-refractivity contribution >= 4 is 27.6 Å². The van der Waals surface area contributed by atoms with E-state index in [9.17, 15) is 9.90 Å².